The van der Waals surface area contributed by atoms with Crippen molar-refractivity contribution in [3.8, 4) is 0 Å². The number of nitrogens with one attached hydrogen (secondary N) is 2. The molecule has 0 aliphatic heterocycles. The number of carbonyl (C=O) groups excluding carboxylic acids is 2. The minimum Gasteiger partial charge on any atom is -0.326 e. The molecule has 0 bridgehead atoms. The Morgan fingerprint density at radius 2 is 1.77 bits per heavy atom. The lowest BCUT2D eigenvalue weighted by atomic mass is 10.2. The van der Waals surface area contributed by atoms with Gasteiger partial charge in [-0.15, -0.1) is 0 Å². The highest BCUT2D eigenvalue weighted by molar-refractivity contribution is 6.03. The fraction of sp³-hybridized carbons (Fsp3) is 0.125. The van der Waals surface area contributed by atoms with Crippen molar-refractivity contribution < 1.29 is 9.59 Å². The number of aromatic nitrogens is 1. The van der Waals surface area contributed by atoms with E-state index in [0.29, 0.717) is 5.69 Å². The van der Waals surface area contributed by atoms with E-state index >= 15 is 0 Å². The fourth-order valence-corrected chi connectivity index (χ4v) is 1.66. The standard InChI is InChI=1S/C16H16N4O2/c1-12-2-4-14(5-3-12)19-15(21)10-16(22)20-18-11-13-6-8-17-9-7-13/h2-9,11H,10H2,1H3,(H,19,21)(H,20,22)/b18-11-. The van der Waals surface area contributed by atoms with Gasteiger partial charge < -0.3 is 5.32 Å². The average Bonchev–Trinajstić information content (AvgIpc) is 2.50. The third-order valence-corrected chi connectivity index (χ3v) is 2.77. The number of hydrogen-bond acceptors (Lipinski definition) is 4. The zero-order valence-electron chi connectivity index (χ0n) is 12.1. The van der Waals surface area contributed by atoms with Crippen LogP contribution in [0.25, 0.3) is 0 Å². The molecule has 0 saturated carbocycles. The van der Waals surface area contributed by atoms with Gasteiger partial charge in [0.1, 0.15) is 6.42 Å². The van der Waals surface area contributed by atoms with Crippen molar-refractivity contribution >= 4 is 23.7 Å². The van der Waals surface area contributed by atoms with Crippen LogP contribution in [-0.2, 0) is 9.59 Å². The van der Waals surface area contributed by atoms with Crippen molar-refractivity contribution in [1.82, 2.24) is 10.4 Å². The van der Waals surface area contributed by atoms with E-state index in [1.165, 1.54) is 6.21 Å². The molecule has 1 aromatic heterocycles. The highest BCUT2D eigenvalue weighted by Gasteiger charge is 2.08. The number of aryl methyl sites for hydroxylation is 1. The Kier molecular flexibility index (Phi) is 5.37. The van der Waals surface area contributed by atoms with Gasteiger partial charge in [-0.2, -0.15) is 5.10 Å². The fourth-order valence-electron chi connectivity index (χ4n) is 1.66. The first-order chi connectivity index (χ1) is 10.6. The second-order valence-corrected chi connectivity index (χ2v) is 4.66. The molecule has 2 rings (SSSR count). The van der Waals surface area contributed by atoms with Crippen LogP contribution in [0.2, 0.25) is 0 Å². The van der Waals surface area contributed by atoms with Gasteiger partial charge in [-0.1, -0.05) is 17.7 Å². The molecule has 1 heterocycles. The van der Waals surface area contributed by atoms with Gasteiger partial charge in [-0.05, 0) is 36.8 Å². The Bertz CT molecular complexity index is 666. The summed E-state index contributed by atoms with van der Waals surface area (Å²) in [5, 5.41) is 6.43. The number of anilines is 1. The van der Waals surface area contributed by atoms with Crippen LogP contribution in [0.1, 0.15) is 17.5 Å². The molecular formula is C16H16N4O2. The van der Waals surface area contributed by atoms with Crippen LogP contribution in [0.5, 0.6) is 0 Å². The summed E-state index contributed by atoms with van der Waals surface area (Å²) >= 11 is 0. The lowest BCUT2D eigenvalue weighted by molar-refractivity contribution is -0.126. The van der Waals surface area contributed by atoms with Gasteiger partial charge in [0.2, 0.25) is 11.8 Å². The van der Waals surface area contributed by atoms with Crippen LogP contribution in [0.15, 0.2) is 53.9 Å². The Balaban J connectivity index is 1.78. The second kappa shape index (κ2) is 7.68. The predicted octanol–water partition coefficient (Wildman–Crippen LogP) is 1.87. The number of hydrazone groups is 1. The molecule has 0 aliphatic carbocycles. The summed E-state index contributed by atoms with van der Waals surface area (Å²) in [4.78, 5) is 27.2. The van der Waals surface area contributed by atoms with E-state index in [1.54, 1.807) is 36.7 Å². The highest BCUT2D eigenvalue weighted by Crippen LogP contribution is 2.08. The molecule has 0 atom stereocenters. The second-order valence-electron chi connectivity index (χ2n) is 4.66. The summed E-state index contributed by atoms with van der Waals surface area (Å²) in [5.74, 6) is -0.865. The van der Waals surface area contributed by atoms with E-state index in [0.717, 1.165) is 11.1 Å². The zero-order valence-corrected chi connectivity index (χ0v) is 12.1. The zero-order chi connectivity index (χ0) is 15.8. The number of hydrogen-bond donors (Lipinski definition) is 2. The van der Waals surface area contributed by atoms with Crippen LogP contribution >= 0.6 is 0 Å². The van der Waals surface area contributed by atoms with Gasteiger partial charge >= 0.3 is 0 Å². The Labute approximate surface area is 128 Å². The molecule has 22 heavy (non-hydrogen) atoms. The van der Waals surface area contributed by atoms with Crippen molar-refractivity contribution in [3.05, 3.63) is 59.9 Å². The van der Waals surface area contributed by atoms with E-state index in [2.05, 4.69) is 20.8 Å². The van der Waals surface area contributed by atoms with E-state index in [1.807, 2.05) is 19.1 Å². The molecular weight excluding hydrogens is 280 g/mol. The molecule has 6 heteroatoms. The molecule has 2 N–H and O–H groups in total. The van der Waals surface area contributed by atoms with Gasteiger partial charge in [0.05, 0.1) is 6.21 Å². The van der Waals surface area contributed by atoms with E-state index in [4.69, 9.17) is 0 Å². The van der Waals surface area contributed by atoms with Gasteiger partial charge in [-0.25, -0.2) is 5.43 Å². The maximum atomic E-state index is 11.7. The molecule has 0 fully saturated rings. The number of benzene rings is 1. The molecule has 0 saturated heterocycles. The molecule has 112 valence electrons. The van der Waals surface area contributed by atoms with Crippen molar-refractivity contribution in [1.29, 1.82) is 0 Å². The molecule has 2 aromatic rings. The monoisotopic (exact) mass is 296 g/mol. The first-order valence-electron chi connectivity index (χ1n) is 6.72. The van der Waals surface area contributed by atoms with Gasteiger partial charge in [-0.3, -0.25) is 14.6 Å². The number of rotatable bonds is 5. The van der Waals surface area contributed by atoms with Crippen LogP contribution in [-0.4, -0.2) is 23.0 Å². The maximum Gasteiger partial charge on any atom is 0.249 e. The van der Waals surface area contributed by atoms with Crippen LogP contribution < -0.4 is 10.7 Å². The summed E-state index contributed by atoms with van der Waals surface area (Å²) in [5.41, 5.74) is 4.87. The Morgan fingerprint density at radius 1 is 1.09 bits per heavy atom. The molecule has 6 nitrogen and oxygen atoms in total. The average molecular weight is 296 g/mol. The largest absolute Gasteiger partial charge is 0.326 e. The SMILES string of the molecule is Cc1ccc(NC(=O)CC(=O)N/N=C\c2ccncc2)cc1. The smallest absolute Gasteiger partial charge is 0.249 e. The molecule has 1 aromatic carbocycles. The highest BCUT2D eigenvalue weighted by atomic mass is 16.2. The molecule has 0 spiro atoms. The third-order valence-electron chi connectivity index (χ3n) is 2.77. The summed E-state index contributed by atoms with van der Waals surface area (Å²) in [6.45, 7) is 1.96. The van der Waals surface area contributed by atoms with Crippen LogP contribution in [0.4, 0.5) is 5.69 Å². The first kappa shape index (κ1) is 15.4. The summed E-state index contributed by atoms with van der Waals surface area (Å²) < 4.78 is 0. The summed E-state index contributed by atoms with van der Waals surface area (Å²) in [6, 6.07) is 10.8. The third kappa shape index (κ3) is 5.16. The predicted molar refractivity (Wildman–Crippen MR) is 84.4 cm³/mol. The molecule has 0 aliphatic rings. The van der Waals surface area contributed by atoms with Crippen molar-refractivity contribution in [2.45, 2.75) is 13.3 Å². The Morgan fingerprint density at radius 3 is 2.45 bits per heavy atom. The minimum atomic E-state index is -0.477. The van der Waals surface area contributed by atoms with Crippen molar-refractivity contribution in [3.63, 3.8) is 0 Å². The van der Waals surface area contributed by atoms with Crippen molar-refractivity contribution in [2.24, 2.45) is 5.10 Å². The normalized spacial score (nSPS) is 10.4. The lowest BCUT2D eigenvalue weighted by Gasteiger charge is -2.04. The van der Waals surface area contributed by atoms with Gasteiger partial charge in [0.15, 0.2) is 0 Å². The first-order valence-corrected chi connectivity index (χ1v) is 6.72. The van der Waals surface area contributed by atoms with E-state index < -0.39 is 5.91 Å². The van der Waals surface area contributed by atoms with E-state index in [9.17, 15) is 9.59 Å². The Hall–Kier alpha value is -3.02. The summed E-state index contributed by atoms with van der Waals surface area (Å²) in [7, 11) is 0. The summed E-state index contributed by atoms with van der Waals surface area (Å²) in [6.07, 6.45) is 4.44. The number of pyridine rings is 1. The number of carbonyl (C=O) groups is 2. The molecule has 2 amide bonds. The van der Waals surface area contributed by atoms with E-state index in [-0.39, 0.29) is 12.3 Å². The molecule has 0 unspecified atom stereocenters. The molecule has 0 radical (unpaired) electrons. The topological polar surface area (TPSA) is 83.5 Å². The van der Waals surface area contributed by atoms with Crippen molar-refractivity contribution in [2.75, 3.05) is 5.32 Å². The van der Waals surface area contributed by atoms with Crippen LogP contribution in [0, 0.1) is 6.92 Å². The number of amides is 2. The minimum absolute atomic E-state index is 0.290. The van der Waals surface area contributed by atoms with Crippen LogP contribution in [0.3, 0.4) is 0 Å². The lowest BCUT2D eigenvalue weighted by Crippen LogP contribution is -2.24. The quantitative estimate of drug-likeness (QED) is 0.502. The number of nitrogens with zero attached hydrogens (tertiary/aromatic N) is 2. The van der Waals surface area contributed by atoms with Gasteiger partial charge in [0.25, 0.3) is 0 Å². The van der Waals surface area contributed by atoms with Gasteiger partial charge in [0, 0.05) is 18.1 Å². The maximum absolute atomic E-state index is 11.7.